The maximum atomic E-state index is 12.0. The van der Waals surface area contributed by atoms with Crippen molar-refractivity contribution in [2.24, 2.45) is 0 Å². The Kier molecular flexibility index (Phi) is 3.33. The van der Waals surface area contributed by atoms with Crippen LogP contribution >= 0.6 is 0 Å². The standard InChI is InChI=1S/C15H15N3O2/c19-14-3-1-2-4-15(20)18(14)12-7-5-11(6-8-12)13-9-10-16-17-13/h5-10H,1-4H2,(H,16,17). The molecule has 20 heavy (non-hydrogen) atoms. The lowest BCUT2D eigenvalue weighted by molar-refractivity contribution is -0.125. The molecule has 0 aliphatic carbocycles. The molecule has 1 aliphatic heterocycles. The van der Waals surface area contributed by atoms with Gasteiger partial charge in [-0.1, -0.05) is 12.1 Å². The molecule has 0 spiro atoms. The highest BCUT2D eigenvalue weighted by Crippen LogP contribution is 2.24. The summed E-state index contributed by atoms with van der Waals surface area (Å²) in [7, 11) is 0. The van der Waals surface area contributed by atoms with Crippen LogP contribution < -0.4 is 4.90 Å². The molecule has 0 radical (unpaired) electrons. The molecule has 1 N–H and O–H groups in total. The van der Waals surface area contributed by atoms with E-state index in [0.717, 1.165) is 24.1 Å². The molecule has 2 heterocycles. The Morgan fingerprint density at radius 2 is 1.60 bits per heavy atom. The van der Waals surface area contributed by atoms with Gasteiger partial charge in [0, 0.05) is 19.0 Å². The minimum absolute atomic E-state index is 0.109. The topological polar surface area (TPSA) is 66.1 Å². The van der Waals surface area contributed by atoms with E-state index in [9.17, 15) is 9.59 Å². The predicted molar refractivity (Wildman–Crippen MR) is 75.0 cm³/mol. The summed E-state index contributed by atoms with van der Waals surface area (Å²) < 4.78 is 0. The summed E-state index contributed by atoms with van der Waals surface area (Å²) in [6.45, 7) is 0. The van der Waals surface area contributed by atoms with Gasteiger partial charge in [0.1, 0.15) is 0 Å². The van der Waals surface area contributed by atoms with Gasteiger partial charge in [-0.3, -0.25) is 19.6 Å². The number of nitrogens with zero attached hydrogens (tertiary/aromatic N) is 2. The average Bonchev–Trinajstić information content (AvgIpc) is 2.93. The summed E-state index contributed by atoms with van der Waals surface area (Å²) in [5.41, 5.74) is 2.52. The first-order valence-electron chi connectivity index (χ1n) is 6.71. The summed E-state index contributed by atoms with van der Waals surface area (Å²) >= 11 is 0. The lowest BCUT2D eigenvalue weighted by atomic mass is 10.1. The van der Waals surface area contributed by atoms with Crippen LogP contribution in [0.3, 0.4) is 0 Å². The smallest absolute Gasteiger partial charge is 0.233 e. The zero-order chi connectivity index (χ0) is 13.9. The molecule has 2 amide bonds. The van der Waals surface area contributed by atoms with Crippen LogP contribution in [0, 0.1) is 0 Å². The third-order valence-electron chi connectivity index (χ3n) is 3.47. The largest absolute Gasteiger partial charge is 0.278 e. The molecule has 0 bridgehead atoms. The Bertz CT molecular complexity index is 599. The second-order valence-electron chi connectivity index (χ2n) is 4.85. The van der Waals surface area contributed by atoms with Gasteiger partial charge in [0.25, 0.3) is 0 Å². The second kappa shape index (κ2) is 5.28. The van der Waals surface area contributed by atoms with Crippen molar-refractivity contribution in [3.63, 3.8) is 0 Å². The van der Waals surface area contributed by atoms with E-state index in [2.05, 4.69) is 10.2 Å². The number of hydrogen-bond acceptors (Lipinski definition) is 3. The van der Waals surface area contributed by atoms with E-state index < -0.39 is 0 Å². The summed E-state index contributed by atoms with van der Waals surface area (Å²) in [5.74, 6) is -0.219. The lowest BCUT2D eigenvalue weighted by Crippen LogP contribution is -2.34. The van der Waals surface area contributed by atoms with Crippen molar-refractivity contribution in [1.29, 1.82) is 0 Å². The Hall–Kier alpha value is -2.43. The van der Waals surface area contributed by atoms with E-state index in [-0.39, 0.29) is 11.8 Å². The highest BCUT2D eigenvalue weighted by Gasteiger charge is 2.25. The first kappa shape index (κ1) is 12.6. The van der Waals surface area contributed by atoms with Gasteiger partial charge in [0.2, 0.25) is 11.8 Å². The fraction of sp³-hybridized carbons (Fsp3) is 0.267. The van der Waals surface area contributed by atoms with Crippen LogP contribution in [0.1, 0.15) is 25.7 Å². The van der Waals surface area contributed by atoms with E-state index in [1.54, 1.807) is 18.3 Å². The molecule has 1 fully saturated rings. The number of aromatic nitrogens is 2. The van der Waals surface area contributed by atoms with E-state index in [0.29, 0.717) is 18.5 Å². The number of imide groups is 1. The van der Waals surface area contributed by atoms with Crippen LogP contribution in [0.15, 0.2) is 36.5 Å². The van der Waals surface area contributed by atoms with Crippen LogP contribution in [0.25, 0.3) is 11.3 Å². The third-order valence-corrected chi connectivity index (χ3v) is 3.47. The Morgan fingerprint density at radius 1 is 0.950 bits per heavy atom. The molecule has 102 valence electrons. The fourth-order valence-corrected chi connectivity index (χ4v) is 2.41. The SMILES string of the molecule is O=C1CCCCC(=O)N1c1ccc(-c2ccn[nH]2)cc1. The number of anilines is 1. The molecule has 1 aromatic heterocycles. The molecular weight excluding hydrogens is 254 g/mol. The number of carbonyl (C=O) groups excluding carboxylic acids is 2. The van der Waals surface area contributed by atoms with Crippen molar-refractivity contribution < 1.29 is 9.59 Å². The van der Waals surface area contributed by atoms with Gasteiger partial charge in [-0.15, -0.1) is 0 Å². The summed E-state index contributed by atoms with van der Waals surface area (Å²) in [5, 5.41) is 6.79. The number of nitrogens with one attached hydrogen (secondary N) is 1. The number of amides is 2. The van der Waals surface area contributed by atoms with Crippen LogP contribution in [0.4, 0.5) is 5.69 Å². The van der Waals surface area contributed by atoms with Crippen LogP contribution in [0.5, 0.6) is 0 Å². The molecule has 5 nitrogen and oxygen atoms in total. The highest BCUT2D eigenvalue weighted by atomic mass is 16.2. The molecule has 2 aromatic rings. The van der Waals surface area contributed by atoms with Crippen LogP contribution in [-0.2, 0) is 9.59 Å². The van der Waals surface area contributed by atoms with Gasteiger partial charge in [-0.25, -0.2) is 0 Å². The first-order valence-corrected chi connectivity index (χ1v) is 6.71. The van der Waals surface area contributed by atoms with Gasteiger partial charge in [0.15, 0.2) is 0 Å². The average molecular weight is 269 g/mol. The van der Waals surface area contributed by atoms with Gasteiger partial charge in [0.05, 0.1) is 11.4 Å². The summed E-state index contributed by atoms with van der Waals surface area (Å²) in [6.07, 6.45) is 4.13. The normalized spacial score (nSPS) is 16.3. The molecule has 1 saturated heterocycles. The van der Waals surface area contributed by atoms with Crippen molar-refractivity contribution in [1.82, 2.24) is 10.2 Å². The van der Waals surface area contributed by atoms with Crippen molar-refractivity contribution >= 4 is 17.5 Å². The second-order valence-corrected chi connectivity index (χ2v) is 4.85. The lowest BCUT2D eigenvalue weighted by Gasteiger charge is -2.18. The van der Waals surface area contributed by atoms with E-state index >= 15 is 0 Å². The minimum Gasteiger partial charge on any atom is -0.278 e. The molecule has 5 heteroatoms. The predicted octanol–water partition coefficient (Wildman–Crippen LogP) is 2.51. The number of aromatic amines is 1. The van der Waals surface area contributed by atoms with Crippen LogP contribution in [0.2, 0.25) is 0 Å². The van der Waals surface area contributed by atoms with E-state index in [4.69, 9.17) is 0 Å². The van der Waals surface area contributed by atoms with Gasteiger partial charge in [-0.2, -0.15) is 5.10 Å². The highest BCUT2D eigenvalue weighted by molar-refractivity contribution is 6.15. The molecule has 1 aliphatic rings. The molecule has 3 rings (SSSR count). The maximum Gasteiger partial charge on any atom is 0.233 e. The minimum atomic E-state index is -0.109. The molecule has 0 saturated carbocycles. The van der Waals surface area contributed by atoms with E-state index in [1.165, 1.54) is 4.90 Å². The number of carbonyl (C=O) groups is 2. The van der Waals surface area contributed by atoms with Crippen molar-refractivity contribution in [3.8, 4) is 11.3 Å². The zero-order valence-electron chi connectivity index (χ0n) is 11.0. The summed E-state index contributed by atoms with van der Waals surface area (Å²) in [4.78, 5) is 25.4. The number of rotatable bonds is 2. The van der Waals surface area contributed by atoms with E-state index in [1.807, 2.05) is 18.2 Å². The first-order chi connectivity index (χ1) is 9.75. The van der Waals surface area contributed by atoms with Gasteiger partial charge >= 0.3 is 0 Å². The monoisotopic (exact) mass is 269 g/mol. The molecule has 0 atom stereocenters. The van der Waals surface area contributed by atoms with Gasteiger partial charge in [-0.05, 0) is 36.6 Å². The van der Waals surface area contributed by atoms with Crippen molar-refractivity contribution in [2.45, 2.75) is 25.7 Å². The quantitative estimate of drug-likeness (QED) is 0.852. The Balaban J connectivity index is 1.90. The van der Waals surface area contributed by atoms with Gasteiger partial charge < -0.3 is 0 Å². The van der Waals surface area contributed by atoms with Crippen molar-refractivity contribution in [2.75, 3.05) is 4.90 Å². The third kappa shape index (κ3) is 2.34. The Morgan fingerprint density at radius 3 is 2.15 bits per heavy atom. The maximum absolute atomic E-state index is 12.0. The molecule has 0 unspecified atom stereocenters. The number of H-pyrrole nitrogens is 1. The molecular formula is C15H15N3O2. The zero-order valence-corrected chi connectivity index (χ0v) is 11.0. The fourth-order valence-electron chi connectivity index (χ4n) is 2.41. The summed E-state index contributed by atoms with van der Waals surface area (Å²) in [6, 6.07) is 9.24. The van der Waals surface area contributed by atoms with Crippen LogP contribution in [-0.4, -0.2) is 22.0 Å². The van der Waals surface area contributed by atoms with Crippen molar-refractivity contribution in [3.05, 3.63) is 36.5 Å². The number of hydrogen-bond donors (Lipinski definition) is 1. The Labute approximate surface area is 116 Å². The number of benzene rings is 1. The molecule has 1 aromatic carbocycles.